The number of halogens is 1. The fourth-order valence-electron chi connectivity index (χ4n) is 4.47. The topological polar surface area (TPSA) is 99.7 Å². The van der Waals surface area contributed by atoms with Gasteiger partial charge in [0.2, 0.25) is 5.91 Å². The third-order valence-electron chi connectivity index (χ3n) is 6.48. The zero-order valence-corrected chi connectivity index (χ0v) is 17.1. The number of rotatable bonds is 7. The molecule has 0 bridgehead atoms. The second-order valence-electron chi connectivity index (χ2n) is 8.71. The lowest BCUT2D eigenvalue weighted by Gasteiger charge is -2.47. The molecule has 4 rings (SSSR count). The van der Waals surface area contributed by atoms with Crippen molar-refractivity contribution in [2.45, 2.75) is 38.7 Å². The van der Waals surface area contributed by atoms with Gasteiger partial charge >= 0.3 is 5.97 Å². The van der Waals surface area contributed by atoms with Gasteiger partial charge in [-0.3, -0.25) is 15.0 Å². The first-order valence-corrected chi connectivity index (χ1v) is 10.7. The molecule has 0 radical (unpaired) electrons. The van der Waals surface area contributed by atoms with Crippen LogP contribution in [0.5, 0.6) is 0 Å². The summed E-state index contributed by atoms with van der Waals surface area (Å²) in [6.07, 6.45) is 3.88. The highest BCUT2D eigenvalue weighted by atomic mass is 19.1. The number of amides is 1. The van der Waals surface area contributed by atoms with Crippen LogP contribution in [0.3, 0.4) is 0 Å². The number of hydrogen-bond acceptors (Lipinski definition) is 5. The number of anilines is 1. The number of ether oxygens (including phenoxy) is 1. The molecular weight excluding hydrogens is 387 g/mol. The van der Waals surface area contributed by atoms with E-state index >= 15 is 0 Å². The minimum absolute atomic E-state index is 0.170. The molecule has 3 N–H and O–H groups in total. The molecule has 3 aliphatic rings. The highest BCUT2D eigenvalue weighted by molar-refractivity contribution is 5.94. The highest BCUT2D eigenvalue weighted by Gasteiger charge is 2.39. The van der Waals surface area contributed by atoms with Crippen LogP contribution in [-0.4, -0.2) is 48.8 Å². The third kappa shape index (κ3) is 4.57. The molecule has 3 fully saturated rings. The van der Waals surface area contributed by atoms with Gasteiger partial charge in [-0.05, 0) is 43.6 Å². The third-order valence-corrected chi connectivity index (χ3v) is 6.48. The predicted octanol–water partition coefficient (Wildman–Crippen LogP) is 2.28. The number of hydrogen-bond donors (Lipinski definition) is 2. The molecule has 2 aliphatic heterocycles. The number of amidine groups is 1. The summed E-state index contributed by atoms with van der Waals surface area (Å²) >= 11 is 0. The summed E-state index contributed by atoms with van der Waals surface area (Å²) in [4.78, 5) is 27.8. The van der Waals surface area contributed by atoms with E-state index < -0.39 is 5.97 Å². The number of nitrogens with zero attached hydrogens (tertiary/aromatic N) is 2. The van der Waals surface area contributed by atoms with Gasteiger partial charge in [-0.2, -0.15) is 0 Å². The number of carbonyl (C=O) groups excluding carboxylic acids is 2. The number of nitrogens with two attached hydrogens (primary N) is 1. The number of esters is 1. The van der Waals surface area contributed by atoms with E-state index in [9.17, 15) is 14.0 Å². The van der Waals surface area contributed by atoms with Crippen molar-refractivity contribution in [2.75, 3.05) is 31.1 Å². The molecule has 2 heterocycles. The molecule has 2 saturated heterocycles. The summed E-state index contributed by atoms with van der Waals surface area (Å²) in [7, 11) is 0. The maximum absolute atomic E-state index is 14.9. The average Bonchev–Trinajstić information content (AvgIpc) is 3.52. The molecule has 0 atom stereocenters. The number of piperidine rings is 1. The van der Waals surface area contributed by atoms with E-state index in [0.717, 1.165) is 51.9 Å². The first kappa shape index (κ1) is 20.6. The molecule has 0 unspecified atom stereocenters. The molecule has 162 valence electrons. The molecular formula is C22H29FN4O3. The van der Waals surface area contributed by atoms with E-state index in [1.54, 1.807) is 18.2 Å². The minimum Gasteiger partial charge on any atom is -0.460 e. The molecule has 8 heteroatoms. The van der Waals surface area contributed by atoms with Crippen LogP contribution in [-0.2, 0) is 20.9 Å². The SMILES string of the molecule is N=C(N)CC(=O)OCc1cccc(N2CC(C3CCN(C(=O)C4CC4)CC3)C2)c1F. The maximum Gasteiger partial charge on any atom is 0.313 e. The van der Waals surface area contributed by atoms with E-state index in [-0.39, 0.29) is 30.6 Å². The molecule has 1 aromatic rings. The van der Waals surface area contributed by atoms with Crippen LogP contribution in [0.4, 0.5) is 10.1 Å². The Kier molecular flexibility index (Phi) is 5.92. The first-order chi connectivity index (χ1) is 14.4. The van der Waals surface area contributed by atoms with E-state index in [2.05, 4.69) is 0 Å². The minimum atomic E-state index is -0.636. The molecule has 0 aromatic heterocycles. The number of nitrogens with one attached hydrogen (secondary N) is 1. The monoisotopic (exact) mass is 416 g/mol. The van der Waals surface area contributed by atoms with Crippen LogP contribution in [0.1, 0.15) is 37.7 Å². The summed E-state index contributed by atoms with van der Waals surface area (Å²) < 4.78 is 19.9. The van der Waals surface area contributed by atoms with Gasteiger partial charge in [0.25, 0.3) is 0 Å². The zero-order chi connectivity index (χ0) is 21.3. The summed E-state index contributed by atoms with van der Waals surface area (Å²) in [5, 5.41) is 7.11. The Hall–Kier alpha value is -2.64. The number of carbonyl (C=O) groups is 2. The zero-order valence-electron chi connectivity index (χ0n) is 17.1. The van der Waals surface area contributed by atoms with E-state index in [4.69, 9.17) is 15.9 Å². The van der Waals surface area contributed by atoms with Gasteiger partial charge in [-0.25, -0.2) is 4.39 Å². The summed E-state index contributed by atoms with van der Waals surface area (Å²) in [6.45, 7) is 3.16. The van der Waals surface area contributed by atoms with Crippen molar-refractivity contribution >= 4 is 23.4 Å². The van der Waals surface area contributed by atoms with Gasteiger partial charge in [-0.1, -0.05) is 12.1 Å². The van der Waals surface area contributed by atoms with Crippen molar-refractivity contribution < 1.29 is 18.7 Å². The molecule has 0 spiro atoms. The van der Waals surface area contributed by atoms with E-state index in [1.165, 1.54) is 0 Å². The Morgan fingerprint density at radius 3 is 2.47 bits per heavy atom. The van der Waals surface area contributed by atoms with Gasteiger partial charge in [0.15, 0.2) is 5.82 Å². The smallest absolute Gasteiger partial charge is 0.313 e. The molecule has 7 nitrogen and oxygen atoms in total. The number of likely N-dealkylation sites (tertiary alicyclic amines) is 1. The Bertz CT molecular complexity index is 828. The van der Waals surface area contributed by atoms with Gasteiger partial charge in [-0.15, -0.1) is 0 Å². The van der Waals surface area contributed by atoms with Crippen LogP contribution >= 0.6 is 0 Å². The Balaban J connectivity index is 1.27. The fourth-order valence-corrected chi connectivity index (χ4v) is 4.47. The normalized spacial score (nSPS) is 20.0. The molecule has 30 heavy (non-hydrogen) atoms. The predicted molar refractivity (Wildman–Crippen MR) is 110 cm³/mol. The largest absolute Gasteiger partial charge is 0.460 e. The molecule has 1 aromatic carbocycles. The van der Waals surface area contributed by atoms with Crippen LogP contribution in [0.2, 0.25) is 0 Å². The summed E-state index contributed by atoms with van der Waals surface area (Å²) in [5.41, 5.74) is 6.03. The van der Waals surface area contributed by atoms with E-state index in [0.29, 0.717) is 29.0 Å². The van der Waals surface area contributed by atoms with Crippen molar-refractivity contribution in [3.05, 3.63) is 29.6 Å². The van der Waals surface area contributed by atoms with Crippen LogP contribution in [0.25, 0.3) is 0 Å². The van der Waals surface area contributed by atoms with Gasteiger partial charge in [0.1, 0.15) is 18.9 Å². The van der Waals surface area contributed by atoms with Gasteiger partial charge in [0.05, 0.1) is 5.69 Å². The van der Waals surface area contributed by atoms with Gasteiger partial charge < -0.3 is 20.3 Å². The molecule has 1 saturated carbocycles. The second kappa shape index (κ2) is 8.62. The quantitative estimate of drug-likeness (QED) is 0.404. The van der Waals surface area contributed by atoms with Crippen molar-refractivity contribution in [1.29, 1.82) is 5.41 Å². The average molecular weight is 416 g/mol. The Morgan fingerprint density at radius 2 is 1.83 bits per heavy atom. The maximum atomic E-state index is 14.9. The van der Waals surface area contributed by atoms with Crippen LogP contribution in [0.15, 0.2) is 18.2 Å². The van der Waals surface area contributed by atoms with E-state index in [1.807, 2.05) is 9.80 Å². The van der Waals surface area contributed by atoms with Crippen LogP contribution in [0, 0.1) is 29.0 Å². The summed E-state index contributed by atoms with van der Waals surface area (Å²) in [5.74, 6) is 0.468. The molecule has 1 aliphatic carbocycles. The highest BCUT2D eigenvalue weighted by Crippen LogP contribution is 2.38. The van der Waals surface area contributed by atoms with Crippen molar-refractivity contribution in [1.82, 2.24) is 4.90 Å². The lowest BCUT2D eigenvalue weighted by molar-refractivity contribution is -0.143. The lowest BCUT2D eigenvalue weighted by Crippen LogP contribution is -2.53. The Labute approximate surface area is 175 Å². The Morgan fingerprint density at radius 1 is 1.13 bits per heavy atom. The number of benzene rings is 1. The first-order valence-electron chi connectivity index (χ1n) is 10.7. The standard InChI is InChI=1S/C22H29FN4O3/c23-21-16(13-30-20(28)10-19(24)25)2-1-3-18(21)27-11-17(12-27)14-6-8-26(9-7-14)22(29)15-4-5-15/h1-3,14-15,17H,4-13H2,(H3,24,25). The lowest BCUT2D eigenvalue weighted by atomic mass is 9.79. The fraction of sp³-hybridized carbons (Fsp3) is 0.591. The van der Waals surface area contributed by atoms with Gasteiger partial charge in [0, 0.05) is 37.7 Å². The van der Waals surface area contributed by atoms with Crippen LogP contribution < -0.4 is 10.6 Å². The molecule has 1 amide bonds. The second-order valence-corrected chi connectivity index (χ2v) is 8.71. The van der Waals surface area contributed by atoms with Crippen molar-refractivity contribution in [2.24, 2.45) is 23.5 Å². The van der Waals surface area contributed by atoms with Crippen molar-refractivity contribution in [3.8, 4) is 0 Å². The van der Waals surface area contributed by atoms with Crippen molar-refractivity contribution in [3.63, 3.8) is 0 Å². The summed E-state index contributed by atoms with van der Waals surface area (Å²) in [6, 6.07) is 5.12.